The topological polar surface area (TPSA) is 59.1 Å². The van der Waals surface area contributed by atoms with Crippen molar-refractivity contribution in [2.24, 2.45) is 0 Å². The van der Waals surface area contributed by atoms with Gasteiger partial charge in [0.05, 0.1) is 17.3 Å². The molecule has 7 heteroatoms. The van der Waals surface area contributed by atoms with Crippen LogP contribution in [0, 0.1) is 0 Å². The molecule has 1 atom stereocenters. The molecule has 0 spiro atoms. The van der Waals surface area contributed by atoms with Crippen molar-refractivity contribution in [3.8, 4) is 11.5 Å². The molecule has 2 aromatic carbocycles. The number of carbonyl (C=O) groups is 2. The van der Waals surface area contributed by atoms with Crippen LogP contribution in [-0.2, 0) is 9.59 Å². The average molecular weight is 375 g/mol. The van der Waals surface area contributed by atoms with Gasteiger partial charge in [0.2, 0.25) is 0 Å². The second kappa shape index (κ2) is 7.66. The number of hydrogen-bond donors (Lipinski definition) is 0. The number of amides is 2. The molecule has 3 rings (SSSR count). The quantitative estimate of drug-likeness (QED) is 0.825. The van der Waals surface area contributed by atoms with Gasteiger partial charge in [-0.1, -0.05) is 35.9 Å². The third-order valence-electron chi connectivity index (χ3n) is 3.98. The number of ether oxygens (including phenoxy) is 2. The summed E-state index contributed by atoms with van der Waals surface area (Å²) in [6.07, 6.45) is -0.760. The SMILES string of the molecule is CN(C)C(=O)[C@@H]1CN(C(=O)COc2ccccc2Cl)c2ccccc2O1. The molecule has 1 aliphatic rings. The summed E-state index contributed by atoms with van der Waals surface area (Å²) < 4.78 is 11.3. The first-order valence-corrected chi connectivity index (χ1v) is 8.49. The summed E-state index contributed by atoms with van der Waals surface area (Å²) in [6, 6.07) is 14.1. The summed E-state index contributed by atoms with van der Waals surface area (Å²) in [5.74, 6) is 0.441. The molecule has 0 radical (unpaired) electrons. The fourth-order valence-electron chi connectivity index (χ4n) is 2.67. The van der Waals surface area contributed by atoms with E-state index < -0.39 is 6.10 Å². The highest BCUT2D eigenvalue weighted by molar-refractivity contribution is 6.32. The highest BCUT2D eigenvalue weighted by Crippen LogP contribution is 2.33. The van der Waals surface area contributed by atoms with Crippen molar-refractivity contribution in [2.75, 3.05) is 32.1 Å². The Morgan fingerprint density at radius 2 is 1.88 bits per heavy atom. The molecule has 1 aliphatic heterocycles. The monoisotopic (exact) mass is 374 g/mol. The Hall–Kier alpha value is -2.73. The summed E-state index contributed by atoms with van der Waals surface area (Å²) in [7, 11) is 3.30. The van der Waals surface area contributed by atoms with E-state index in [-0.39, 0.29) is 25.0 Å². The molecule has 0 aromatic heterocycles. The van der Waals surface area contributed by atoms with Gasteiger partial charge in [-0.05, 0) is 24.3 Å². The van der Waals surface area contributed by atoms with Crippen molar-refractivity contribution in [3.05, 3.63) is 53.6 Å². The molecular formula is C19H19ClN2O4. The van der Waals surface area contributed by atoms with Crippen molar-refractivity contribution in [1.82, 2.24) is 4.90 Å². The van der Waals surface area contributed by atoms with Crippen LogP contribution in [-0.4, -0.2) is 50.1 Å². The number of fused-ring (bicyclic) bond motifs is 1. The van der Waals surface area contributed by atoms with Gasteiger partial charge in [0.1, 0.15) is 11.5 Å². The number of hydrogen-bond acceptors (Lipinski definition) is 4. The van der Waals surface area contributed by atoms with Crippen molar-refractivity contribution in [1.29, 1.82) is 0 Å². The standard InChI is InChI=1S/C19H19ClN2O4/c1-21(2)19(24)17-11-22(14-8-4-6-10-16(14)26-17)18(23)12-25-15-9-5-3-7-13(15)20/h3-10,17H,11-12H2,1-2H3/t17-/m0/s1. The van der Waals surface area contributed by atoms with E-state index in [1.54, 1.807) is 56.6 Å². The van der Waals surface area contributed by atoms with E-state index in [9.17, 15) is 9.59 Å². The van der Waals surface area contributed by atoms with E-state index in [0.717, 1.165) is 0 Å². The van der Waals surface area contributed by atoms with Gasteiger partial charge >= 0.3 is 0 Å². The van der Waals surface area contributed by atoms with Gasteiger partial charge in [-0.25, -0.2) is 0 Å². The number of benzene rings is 2. The van der Waals surface area contributed by atoms with Crippen LogP contribution in [0.1, 0.15) is 0 Å². The highest BCUT2D eigenvalue weighted by atomic mass is 35.5. The van der Waals surface area contributed by atoms with Crippen LogP contribution in [0.5, 0.6) is 11.5 Å². The zero-order valence-corrected chi connectivity index (χ0v) is 15.3. The normalized spacial score (nSPS) is 15.7. The van der Waals surface area contributed by atoms with Crippen LogP contribution in [0.25, 0.3) is 0 Å². The molecule has 1 heterocycles. The zero-order chi connectivity index (χ0) is 18.7. The number of carbonyl (C=O) groups excluding carboxylic acids is 2. The Kier molecular flexibility index (Phi) is 5.32. The lowest BCUT2D eigenvalue weighted by atomic mass is 10.1. The van der Waals surface area contributed by atoms with Gasteiger partial charge in [-0.15, -0.1) is 0 Å². The Labute approximate surface area is 156 Å². The lowest BCUT2D eigenvalue weighted by molar-refractivity contribution is -0.136. The van der Waals surface area contributed by atoms with Crippen molar-refractivity contribution in [3.63, 3.8) is 0 Å². The van der Waals surface area contributed by atoms with Gasteiger partial charge < -0.3 is 19.3 Å². The van der Waals surface area contributed by atoms with Crippen LogP contribution >= 0.6 is 11.6 Å². The summed E-state index contributed by atoms with van der Waals surface area (Å²) in [5.41, 5.74) is 0.614. The molecule has 2 aromatic rings. The molecule has 2 amide bonds. The number of likely N-dealkylation sites (N-methyl/N-ethyl adjacent to an activating group) is 1. The van der Waals surface area contributed by atoms with Crippen molar-refractivity contribution in [2.45, 2.75) is 6.10 Å². The van der Waals surface area contributed by atoms with Gasteiger partial charge in [0.15, 0.2) is 12.7 Å². The van der Waals surface area contributed by atoms with Crippen LogP contribution in [0.2, 0.25) is 5.02 Å². The largest absolute Gasteiger partial charge is 0.482 e. The Morgan fingerprint density at radius 3 is 2.62 bits per heavy atom. The molecule has 26 heavy (non-hydrogen) atoms. The van der Waals surface area contributed by atoms with E-state index >= 15 is 0 Å². The zero-order valence-electron chi connectivity index (χ0n) is 14.5. The van der Waals surface area contributed by atoms with E-state index in [0.29, 0.717) is 22.2 Å². The fourth-order valence-corrected chi connectivity index (χ4v) is 2.86. The molecule has 6 nitrogen and oxygen atoms in total. The third-order valence-corrected chi connectivity index (χ3v) is 4.29. The predicted octanol–water partition coefficient (Wildman–Crippen LogP) is 2.60. The molecule has 0 saturated heterocycles. The van der Waals surface area contributed by atoms with Gasteiger partial charge in [-0.3, -0.25) is 9.59 Å². The minimum atomic E-state index is -0.760. The fraction of sp³-hybridized carbons (Fsp3) is 0.263. The number of rotatable bonds is 4. The molecule has 136 valence electrons. The minimum Gasteiger partial charge on any atom is -0.482 e. The van der Waals surface area contributed by atoms with Gasteiger partial charge in [0.25, 0.3) is 11.8 Å². The maximum Gasteiger partial charge on any atom is 0.265 e. The highest BCUT2D eigenvalue weighted by Gasteiger charge is 2.34. The summed E-state index contributed by atoms with van der Waals surface area (Å²) in [5, 5.41) is 0.434. The van der Waals surface area contributed by atoms with E-state index in [1.165, 1.54) is 9.80 Å². The van der Waals surface area contributed by atoms with Crippen LogP contribution in [0.4, 0.5) is 5.69 Å². The molecule has 0 N–H and O–H groups in total. The van der Waals surface area contributed by atoms with Crippen LogP contribution < -0.4 is 14.4 Å². The Balaban J connectivity index is 1.79. The summed E-state index contributed by atoms with van der Waals surface area (Å²) >= 11 is 6.05. The molecule has 0 saturated carbocycles. The maximum absolute atomic E-state index is 12.8. The van der Waals surface area contributed by atoms with Crippen molar-refractivity contribution < 1.29 is 19.1 Å². The first kappa shape index (κ1) is 18.1. The van der Waals surface area contributed by atoms with E-state index in [2.05, 4.69) is 0 Å². The summed E-state index contributed by atoms with van der Waals surface area (Å²) in [4.78, 5) is 28.0. The second-order valence-corrected chi connectivity index (χ2v) is 6.44. The van der Waals surface area contributed by atoms with E-state index in [1.807, 2.05) is 6.07 Å². The number of para-hydroxylation sites is 3. The van der Waals surface area contributed by atoms with Crippen molar-refractivity contribution >= 4 is 29.1 Å². The van der Waals surface area contributed by atoms with E-state index in [4.69, 9.17) is 21.1 Å². The smallest absolute Gasteiger partial charge is 0.265 e. The summed E-state index contributed by atoms with van der Waals surface area (Å²) in [6.45, 7) is -0.0698. The lowest BCUT2D eigenvalue weighted by Crippen LogP contribution is -2.51. The molecule has 0 aliphatic carbocycles. The lowest BCUT2D eigenvalue weighted by Gasteiger charge is -2.35. The average Bonchev–Trinajstić information content (AvgIpc) is 2.65. The first-order valence-electron chi connectivity index (χ1n) is 8.12. The number of anilines is 1. The predicted molar refractivity (Wildman–Crippen MR) is 98.9 cm³/mol. The Bertz CT molecular complexity index is 825. The third kappa shape index (κ3) is 3.75. The van der Waals surface area contributed by atoms with Gasteiger partial charge in [-0.2, -0.15) is 0 Å². The van der Waals surface area contributed by atoms with Crippen LogP contribution in [0.15, 0.2) is 48.5 Å². The second-order valence-electron chi connectivity index (χ2n) is 6.03. The van der Waals surface area contributed by atoms with Gasteiger partial charge in [0, 0.05) is 14.1 Å². The van der Waals surface area contributed by atoms with Crippen LogP contribution in [0.3, 0.4) is 0 Å². The molecule has 0 unspecified atom stereocenters. The molecular weight excluding hydrogens is 356 g/mol. The first-order chi connectivity index (χ1) is 12.5. The maximum atomic E-state index is 12.8. The Morgan fingerprint density at radius 1 is 1.19 bits per heavy atom. The minimum absolute atomic E-state index is 0.124. The number of halogens is 1. The number of nitrogens with zero attached hydrogens (tertiary/aromatic N) is 2. The molecule has 0 fully saturated rings. The molecule has 0 bridgehead atoms.